The number of halogens is 1. The maximum atomic E-state index is 12.5. The van der Waals surface area contributed by atoms with Crippen LogP contribution < -0.4 is 5.32 Å². The third-order valence-corrected chi connectivity index (χ3v) is 3.98. The summed E-state index contributed by atoms with van der Waals surface area (Å²) in [7, 11) is 0. The second-order valence-corrected chi connectivity index (χ2v) is 5.40. The standard InChI is InChI=1S/C14H24FNO3/c1-2-11(8-10-6-4-3-5-7-10)13(17)16-12(9-15)14(18)19/h10-12H,2-9H2,1H3,(H,16,17)(H,18,19). The van der Waals surface area contributed by atoms with Crippen LogP contribution in [0.25, 0.3) is 0 Å². The monoisotopic (exact) mass is 273 g/mol. The van der Waals surface area contributed by atoms with Crippen molar-refractivity contribution in [1.82, 2.24) is 5.32 Å². The van der Waals surface area contributed by atoms with E-state index in [1.807, 2.05) is 6.92 Å². The van der Waals surface area contributed by atoms with Crippen LogP contribution >= 0.6 is 0 Å². The molecule has 2 N–H and O–H groups in total. The molecular formula is C14H24FNO3. The minimum absolute atomic E-state index is 0.198. The number of carbonyl (C=O) groups is 2. The Labute approximate surface area is 113 Å². The number of amides is 1. The van der Waals surface area contributed by atoms with Crippen molar-refractivity contribution >= 4 is 11.9 Å². The van der Waals surface area contributed by atoms with Gasteiger partial charge >= 0.3 is 5.97 Å². The van der Waals surface area contributed by atoms with E-state index in [1.54, 1.807) is 0 Å². The predicted molar refractivity (Wildman–Crippen MR) is 70.5 cm³/mol. The van der Waals surface area contributed by atoms with Crippen LogP contribution in [-0.4, -0.2) is 29.7 Å². The Kier molecular flexibility index (Phi) is 6.81. The molecule has 0 bridgehead atoms. The van der Waals surface area contributed by atoms with Gasteiger partial charge in [0.15, 0.2) is 6.04 Å². The lowest BCUT2D eigenvalue weighted by atomic mass is 9.81. The van der Waals surface area contributed by atoms with Crippen molar-refractivity contribution in [3.05, 3.63) is 0 Å². The van der Waals surface area contributed by atoms with Gasteiger partial charge in [-0.15, -0.1) is 0 Å². The van der Waals surface area contributed by atoms with Gasteiger partial charge in [-0.25, -0.2) is 9.18 Å². The highest BCUT2D eigenvalue weighted by Crippen LogP contribution is 2.30. The fourth-order valence-corrected chi connectivity index (χ4v) is 2.74. The van der Waals surface area contributed by atoms with Gasteiger partial charge in [0, 0.05) is 5.92 Å². The molecule has 1 rings (SSSR count). The zero-order valence-corrected chi connectivity index (χ0v) is 11.5. The van der Waals surface area contributed by atoms with E-state index in [4.69, 9.17) is 5.11 Å². The summed E-state index contributed by atoms with van der Waals surface area (Å²) in [6.45, 7) is 0.846. The highest BCUT2D eigenvalue weighted by Gasteiger charge is 2.26. The van der Waals surface area contributed by atoms with Gasteiger partial charge < -0.3 is 10.4 Å². The van der Waals surface area contributed by atoms with Crippen molar-refractivity contribution in [2.75, 3.05) is 6.67 Å². The number of carboxylic acids is 1. The third-order valence-electron chi connectivity index (χ3n) is 3.98. The molecule has 2 atom stereocenters. The summed E-state index contributed by atoms with van der Waals surface area (Å²) in [5.74, 6) is -1.28. The fourth-order valence-electron chi connectivity index (χ4n) is 2.74. The molecule has 0 aliphatic heterocycles. The topological polar surface area (TPSA) is 66.4 Å². The molecule has 1 aliphatic rings. The summed E-state index contributed by atoms with van der Waals surface area (Å²) in [6, 6.07) is -1.41. The van der Waals surface area contributed by atoms with Crippen LogP contribution in [-0.2, 0) is 9.59 Å². The lowest BCUT2D eigenvalue weighted by Gasteiger charge is -2.26. The first-order valence-corrected chi connectivity index (χ1v) is 7.17. The molecule has 0 saturated heterocycles. The smallest absolute Gasteiger partial charge is 0.328 e. The van der Waals surface area contributed by atoms with Crippen molar-refractivity contribution < 1.29 is 19.1 Å². The zero-order chi connectivity index (χ0) is 14.3. The van der Waals surface area contributed by atoms with Gasteiger partial charge in [-0.1, -0.05) is 39.0 Å². The highest BCUT2D eigenvalue weighted by atomic mass is 19.1. The maximum Gasteiger partial charge on any atom is 0.328 e. The summed E-state index contributed by atoms with van der Waals surface area (Å²) in [6.07, 6.45) is 7.45. The number of hydrogen-bond acceptors (Lipinski definition) is 2. The predicted octanol–water partition coefficient (Wildman–Crippen LogP) is 2.52. The average Bonchev–Trinajstić information content (AvgIpc) is 2.42. The highest BCUT2D eigenvalue weighted by molar-refractivity contribution is 5.85. The second kappa shape index (κ2) is 8.12. The second-order valence-electron chi connectivity index (χ2n) is 5.40. The normalized spacial score (nSPS) is 19.7. The maximum absolute atomic E-state index is 12.5. The molecule has 110 valence electrons. The summed E-state index contributed by atoms with van der Waals surface area (Å²) in [5, 5.41) is 11.0. The van der Waals surface area contributed by atoms with E-state index in [2.05, 4.69) is 5.32 Å². The largest absolute Gasteiger partial charge is 0.480 e. The summed E-state index contributed by atoms with van der Waals surface area (Å²) in [4.78, 5) is 22.7. The molecular weight excluding hydrogens is 249 g/mol. The van der Waals surface area contributed by atoms with Crippen LogP contribution in [0.3, 0.4) is 0 Å². The van der Waals surface area contributed by atoms with Crippen molar-refractivity contribution in [3.8, 4) is 0 Å². The summed E-state index contributed by atoms with van der Waals surface area (Å²) in [5.41, 5.74) is 0. The molecule has 0 radical (unpaired) electrons. The Morgan fingerprint density at radius 1 is 1.32 bits per heavy atom. The van der Waals surface area contributed by atoms with Crippen LogP contribution in [0.5, 0.6) is 0 Å². The van der Waals surface area contributed by atoms with E-state index in [1.165, 1.54) is 19.3 Å². The molecule has 5 heteroatoms. The Bertz CT molecular complexity index is 303. The van der Waals surface area contributed by atoms with Crippen LogP contribution in [0.15, 0.2) is 0 Å². The minimum Gasteiger partial charge on any atom is -0.480 e. The van der Waals surface area contributed by atoms with E-state index in [9.17, 15) is 14.0 Å². The Morgan fingerprint density at radius 2 is 1.95 bits per heavy atom. The first-order chi connectivity index (χ1) is 9.08. The number of carbonyl (C=O) groups excluding carboxylic acids is 1. The molecule has 0 spiro atoms. The molecule has 1 saturated carbocycles. The molecule has 0 aromatic rings. The van der Waals surface area contributed by atoms with Crippen LogP contribution in [0.1, 0.15) is 51.9 Å². The van der Waals surface area contributed by atoms with Crippen molar-refractivity contribution in [2.45, 2.75) is 57.9 Å². The zero-order valence-electron chi connectivity index (χ0n) is 11.5. The number of hydrogen-bond donors (Lipinski definition) is 2. The van der Waals surface area contributed by atoms with E-state index in [-0.39, 0.29) is 11.8 Å². The molecule has 1 amide bonds. The van der Waals surface area contributed by atoms with Crippen LogP contribution in [0, 0.1) is 11.8 Å². The van der Waals surface area contributed by atoms with Gasteiger partial charge in [-0.05, 0) is 18.8 Å². The van der Waals surface area contributed by atoms with Crippen LogP contribution in [0.4, 0.5) is 4.39 Å². The molecule has 1 fully saturated rings. The number of nitrogens with one attached hydrogen (secondary N) is 1. The first kappa shape index (κ1) is 15.9. The average molecular weight is 273 g/mol. The first-order valence-electron chi connectivity index (χ1n) is 7.17. The lowest BCUT2D eigenvalue weighted by molar-refractivity contribution is -0.143. The number of aliphatic carboxylic acids is 1. The van der Waals surface area contributed by atoms with E-state index in [0.29, 0.717) is 12.3 Å². The fraction of sp³-hybridized carbons (Fsp3) is 0.857. The molecule has 1 aliphatic carbocycles. The Hall–Kier alpha value is -1.13. The van der Waals surface area contributed by atoms with Crippen molar-refractivity contribution in [2.24, 2.45) is 11.8 Å². The van der Waals surface area contributed by atoms with Gasteiger partial charge in [0.25, 0.3) is 0 Å². The minimum atomic E-state index is -1.41. The van der Waals surface area contributed by atoms with Gasteiger partial charge in [0.05, 0.1) is 0 Å². The molecule has 4 nitrogen and oxygen atoms in total. The van der Waals surface area contributed by atoms with Gasteiger partial charge in [-0.2, -0.15) is 0 Å². The molecule has 2 unspecified atom stereocenters. The summed E-state index contributed by atoms with van der Waals surface area (Å²) >= 11 is 0. The molecule has 0 heterocycles. The SMILES string of the molecule is CCC(CC1CCCCC1)C(=O)NC(CF)C(=O)O. The van der Waals surface area contributed by atoms with E-state index >= 15 is 0 Å². The number of carboxylic acid groups (broad SMARTS) is 1. The molecule has 0 aromatic carbocycles. The molecule has 19 heavy (non-hydrogen) atoms. The van der Waals surface area contributed by atoms with Gasteiger partial charge in [0.1, 0.15) is 6.67 Å². The summed E-state index contributed by atoms with van der Waals surface area (Å²) < 4.78 is 12.5. The number of alkyl halides is 1. The van der Waals surface area contributed by atoms with Gasteiger partial charge in [0.2, 0.25) is 5.91 Å². The van der Waals surface area contributed by atoms with E-state index < -0.39 is 18.7 Å². The number of rotatable bonds is 7. The van der Waals surface area contributed by atoms with Crippen molar-refractivity contribution in [1.29, 1.82) is 0 Å². The Balaban J connectivity index is 2.48. The van der Waals surface area contributed by atoms with Crippen LogP contribution in [0.2, 0.25) is 0 Å². The quantitative estimate of drug-likeness (QED) is 0.749. The molecule has 0 aromatic heterocycles. The van der Waals surface area contributed by atoms with Crippen molar-refractivity contribution in [3.63, 3.8) is 0 Å². The third kappa shape index (κ3) is 5.17. The Morgan fingerprint density at radius 3 is 2.42 bits per heavy atom. The van der Waals surface area contributed by atoms with E-state index in [0.717, 1.165) is 19.3 Å². The van der Waals surface area contributed by atoms with Gasteiger partial charge in [-0.3, -0.25) is 4.79 Å². The lowest BCUT2D eigenvalue weighted by Crippen LogP contribution is -2.45.